The molecule has 0 radical (unpaired) electrons. The van der Waals surface area contributed by atoms with E-state index in [0.717, 1.165) is 102 Å². The molecule has 17 nitrogen and oxygen atoms in total. The van der Waals surface area contributed by atoms with Crippen LogP contribution in [0.4, 0.5) is 0 Å². The van der Waals surface area contributed by atoms with Gasteiger partial charge in [-0.2, -0.15) is 0 Å². The summed E-state index contributed by atoms with van der Waals surface area (Å²) in [5.74, 6) is -1.32. The maximum absolute atomic E-state index is 13.1. The second kappa shape index (κ2) is 68.2. The first-order valence-corrected chi connectivity index (χ1v) is 42.1. The van der Waals surface area contributed by atoms with Gasteiger partial charge >= 0.3 is 39.5 Å². The van der Waals surface area contributed by atoms with Gasteiger partial charge < -0.3 is 33.8 Å². The largest absolute Gasteiger partial charge is 0.472 e. The van der Waals surface area contributed by atoms with Gasteiger partial charge in [0.25, 0.3) is 0 Å². The minimum Gasteiger partial charge on any atom is -0.462 e. The molecule has 0 fully saturated rings. The number of hydrogen-bond donors (Lipinski definition) is 3. The van der Waals surface area contributed by atoms with Gasteiger partial charge in [-0.05, 0) is 31.6 Å². The molecule has 0 amide bonds. The highest BCUT2D eigenvalue weighted by molar-refractivity contribution is 7.47. The molecule has 0 saturated carbocycles. The van der Waals surface area contributed by atoms with Crippen LogP contribution in [-0.2, 0) is 65.4 Å². The molecule has 0 aliphatic carbocycles. The molecule has 5 atom stereocenters. The molecule has 0 heterocycles. The number of phosphoric acid groups is 2. The molecule has 0 saturated heterocycles. The van der Waals surface area contributed by atoms with E-state index in [4.69, 9.17) is 37.0 Å². The fourth-order valence-electron chi connectivity index (χ4n) is 11.5. The minimum absolute atomic E-state index is 0.107. The first-order valence-electron chi connectivity index (χ1n) is 39.1. The third-order valence-corrected chi connectivity index (χ3v) is 19.4. The number of ether oxygens (including phenoxy) is 4. The van der Waals surface area contributed by atoms with Gasteiger partial charge in [-0.3, -0.25) is 37.3 Å². The highest BCUT2D eigenvalue weighted by Gasteiger charge is 2.30. The van der Waals surface area contributed by atoms with E-state index in [2.05, 4.69) is 34.6 Å². The van der Waals surface area contributed by atoms with E-state index >= 15 is 0 Å². The predicted octanol–water partition coefficient (Wildman–Crippen LogP) is 22.1. The first-order chi connectivity index (χ1) is 45.5. The Balaban J connectivity index is 5.14. The van der Waals surface area contributed by atoms with Crippen LogP contribution in [0.25, 0.3) is 0 Å². The maximum Gasteiger partial charge on any atom is 0.472 e. The molecule has 0 aromatic carbocycles. The van der Waals surface area contributed by atoms with Gasteiger partial charge in [-0.1, -0.05) is 343 Å². The van der Waals surface area contributed by atoms with Crippen molar-refractivity contribution >= 4 is 39.5 Å². The number of rotatable bonds is 75. The van der Waals surface area contributed by atoms with Crippen molar-refractivity contribution in [2.75, 3.05) is 39.6 Å². The minimum atomic E-state index is -4.95. The molecule has 0 aliphatic heterocycles. The molecule has 0 aliphatic rings. The van der Waals surface area contributed by atoms with Gasteiger partial charge in [0.1, 0.15) is 19.3 Å². The van der Waals surface area contributed by atoms with Crippen molar-refractivity contribution < 1.29 is 80.2 Å². The predicted molar refractivity (Wildman–Crippen MR) is 382 cm³/mol. The maximum atomic E-state index is 13.1. The van der Waals surface area contributed by atoms with E-state index < -0.39 is 97.5 Å². The Hall–Kier alpha value is -1.94. The number of unbranched alkanes of at least 4 members (excludes halogenated alkanes) is 47. The molecule has 0 spiro atoms. The van der Waals surface area contributed by atoms with Gasteiger partial charge in [0, 0.05) is 25.7 Å². The fraction of sp³-hybridized carbons (Fsp3) is 0.947. The zero-order valence-corrected chi connectivity index (χ0v) is 62.9. The lowest BCUT2D eigenvalue weighted by molar-refractivity contribution is -0.161. The van der Waals surface area contributed by atoms with Crippen LogP contribution in [0.3, 0.4) is 0 Å². The highest BCUT2D eigenvalue weighted by atomic mass is 31.2. The summed E-state index contributed by atoms with van der Waals surface area (Å²) in [5, 5.41) is 10.6. The van der Waals surface area contributed by atoms with Crippen molar-refractivity contribution in [1.29, 1.82) is 0 Å². The number of phosphoric ester groups is 2. The molecule has 0 rings (SSSR count). The van der Waals surface area contributed by atoms with Crippen LogP contribution in [0.1, 0.15) is 394 Å². The summed E-state index contributed by atoms with van der Waals surface area (Å²) in [6, 6.07) is 0. The van der Waals surface area contributed by atoms with Crippen molar-refractivity contribution in [2.45, 2.75) is 412 Å². The number of carbonyl (C=O) groups is 4. The smallest absolute Gasteiger partial charge is 0.462 e. The average molecular weight is 1380 g/mol. The molecule has 0 bridgehead atoms. The Morgan fingerprint density at radius 2 is 0.489 bits per heavy atom. The van der Waals surface area contributed by atoms with Crippen molar-refractivity contribution in [3.05, 3.63) is 0 Å². The zero-order valence-electron chi connectivity index (χ0n) is 61.1. The standard InChI is InChI=1S/C75H146O17P2/c1-6-9-12-15-17-19-21-23-24-25-26-29-33-36-40-44-49-54-59-73(78)86-65-71(92-75(80)61-56-51-46-42-38-34-30-27-28-32-35-39-43-48-52-57-68(4)5)67-90-94(83,84)88-63-69(76)62-87-93(81,82)89-66-70(64-85-72(77)58-53-47-14-11-8-3)91-74(79)60-55-50-45-41-37-31-22-20-18-16-13-10-7-2/h68-71,76H,6-67H2,1-5H3,(H,81,82)(H,83,84)/t69-,70+,71+/m0/s1. The monoisotopic (exact) mass is 1380 g/mol. The van der Waals surface area contributed by atoms with E-state index in [1.165, 1.54) is 212 Å². The quantitative estimate of drug-likeness (QED) is 0.0222. The SMILES string of the molecule is CCCCCCCCCCCCCCCCCCCCC(=O)OC[C@H](COP(=O)(O)OC[C@@H](O)COP(=O)(O)OC[C@@H](COC(=O)CCCCCCC)OC(=O)CCCCCCCCCCCCCCC)OC(=O)CCCCCCCCCCCCCCCCCC(C)C. The summed E-state index contributed by atoms with van der Waals surface area (Å²) in [5.41, 5.74) is 0. The van der Waals surface area contributed by atoms with Crippen molar-refractivity contribution in [2.24, 2.45) is 5.92 Å². The topological polar surface area (TPSA) is 237 Å². The number of aliphatic hydroxyl groups excluding tert-OH is 1. The number of esters is 4. The normalized spacial score (nSPS) is 14.0. The van der Waals surface area contributed by atoms with Gasteiger partial charge in [-0.25, -0.2) is 9.13 Å². The van der Waals surface area contributed by atoms with Crippen molar-refractivity contribution in [1.82, 2.24) is 0 Å². The molecule has 3 N–H and O–H groups in total. The van der Waals surface area contributed by atoms with E-state index in [0.29, 0.717) is 25.7 Å². The molecule has 558 valence electrons. The number of aliphatic hydroxyl groups is 1. The van der Waals surface area contributed by atoms with Crippen LogP contribution < -0.4 is 0 Å². The molecule has 0 aromatic rings. The number of hydrogen-bond acceptors (Lipinski definition) is 15. The Labute approximate surface area is 575 Å². The van der Waals surface area contributed by atoms with E-state index in [1.807, 2.05) is 0 Å². The van der Waals surface area contributed by atoms with Crippen molar-refractivity contribution in [3.8, 4) is 0 Å². The van der Waals surface area contributed by atoms with Crippen LogP contribution in [-0.4, -0.2) is 96.7 Å². The Kier molecular flexibility index (Phi) is 66.8. The van der Waals surface area contributed by atoms with Crippen LogP contribution in [0.2, 0.25) is 0 Å². The molecule has 0 aromatic heterocycles. The van der Waals surface area contributed by atoms with Crippen LogP contribution in [0.5, 0.6) is 0 Å². The van der Waals surface area contributed by atoms with Crippen molar-refractivity contribution in [3.63, 3.8) is 0 Å². The van der Waals surface area contributed by atoms with Gasteiger partial charge in [0.15, 0.2) is 12.2 Å². The first kappa shape index (κ1) is 92.1. The molecule has 94 heavy (non-hydrogen) atoms. The summed E-state index contributed by atoms with van der Waals surface area (Å²) in [4.78, 5) is 72.5. The highest BCUT2D eigenvalue weighted by Crippen LogP contribution is 2.45. The lowest BCUT2D eigenvalue weighted by Gasteiger charge is -2.21. The van der Waals surface area contributed by atoms with Crippen LogP contribution >= 0.6 is 15.6 Å². The van der Waals surface area contributed by atoms with E-state index in [9.17, 15) is 43.2 Å². The fourth-order valence-corrected chi connectivity index (χ4v) is 13.1. The summed E-state index contributed by atoms with van der Waals surface area (Å²) >= 11 is 0. The van der Waals surface area contributed by atoms with E-state index in [1.54, 1.807) is 0 Å². The summed E-state index contributed by atoms with van der Waals surface area (Å²) in [6.45, 7) is 7.23. The second-order valence-corrected chi connectivity index (χ2v) is 30.4. The van der Waals surface area contributed by atoms with Gasteiger partial charge in [0.2, 0.25) is 0 Å². The summed E-state index contributed by atoms with van der Waals surface area (Å²) in [7, 11) is -9.90. The lowest BCUT2D eigenvalue weighted by Crippen LogP contribution is -2.30. The van der Waals surface area contributed by atoms with E-state index in [-0.39, 0.29) is 25.7 Å². The van der Waals surface area contributed by atoms with Gasteiger partial charge in [0.05, 0.1) is 26.4 Å². The molecule has 2 unspecified atom stereocenters. The molecular formula is C75H146O17P2. The summed E-state index contributed by atoms with van der Waals surface area (Å²) < 4.78 is 68.3. The average Bonchev–Trinajstić information content (AvgIpc) is 1.56. The Morgan fingerprint density at radius 1 is 0.287 bits per heavy atom. The van der Waals surface area contributed by atoms with Crippen LogP contribution in [0.15, 0.2) is 0 Å². The van der Waals surface area contributed by atoms with Crippen LogP contribution in [0, 0.1) is 5.92 Å². The molecular weight excluding hydrogens is 1230 g/mol. The summed E-state index contributed by atoms with van der Waals surface area (Å²) in [6.07, 6.45) is 57.3. The van der Waals surface area contributed by atoms with Gasteiger partial charge in [-0.15, -0.1) is 0 Å². The second-order valence-electron chi connectivity index (χ2n) is 27.5. The Morgan fingerprint density at radius 3 is 0.723 bits per heavy atom. The third kappa shape index (κ3) is 68.6. The lowest BCUT2D eigenvalue weighted by atomic mass is 10.0. The zero-order chi connectivity index (χ0) is 69.1. The third-order valence-electron chi connectivity index (χ3n) is 17.5. The molecule has 19 heteroatoms. The Bertz CT molecular complexity index is 1810. The number of carbonyl (C=O) groups excluding carboxylic acids is 4.